The van der Waals surface area contributed by atoms with E-state index in [4.69, 9.17) is 21.6 Å². The van der Waals surface area contributed by atoms with E-state index in [9.17, 15) is 0 Å². The van der Waals surface area contributed by atoms with Gasteiger partial charge in [0, 0.05) is 0 Å². The lowest BCUT2D eigenvalue weighted by Crippen LogP contribution is -2.08. The van der Waals surface area contributed by atoms with E-state index >= 15 is 0 Å². The van der Waals surface area contributed by atoms with E-state index in [1.54, 1.807) is 12.1 Å². The minimum atomic E-state index is 0.0331. The summed E-state index contributed by atoms with van der Waals surface area (Å²) in [5.74, 6) is 0.813. The quantitative estimate of drug-likeness (QED) is 0.720. The predicted octanol–water partition coefficient (Wildman–Crippen LogP) is 2.48. The lowest BCUT2D eigenvalue weighted by molar-refractivity contribution is 0.240. The van der Waals surface area contributed by atoms with E-state index in [1.165, 1.54) is 0 Å². The number of pyridine rings is 1. The van der Waals surface area contributed by atoms with Gasteiger partial charge in [-0.1, -0.05) is 0 Å². The molecule has 1 aromatic rings. The minimum Gasteiger partial charge on any atom is -0.488 e. The van der Waals surface area contributed by atoms with Crippen LogP contribution in [0.15, 0.2) is 12.1 Å². The molecular formula is C10H11ClN2O. The molecule has 1 aromatic heterocycles. The van der Waals surface area contributed by atoms with Crippen LogP contribution in [0.25, 0.3) is 0 Å². The van der Waals surface area contributed by atoms with Crippen LogP contribution in [0.1, 0.15) is 25.2 Å². The number of hydrogen-bond acceptors (Lipinski definition) is 3. The van der Waals surface area contributed by atoms with E-state index in [2.05, 4.69) is 4.98 Å². The summed E-state index contributed by atoms with van der Waals surface area (Å²) in [5.41, 5.74) is 0.969. The molecule has 0 N–H and O–H groups in total. The van der Waals surface area contributed by atoms with Gasteiger partial charge in [-0.05, 0) is 26.0 Å². The molecule has 74 valence electrons. The molecule has 0 saturated heterocycles. The fraction of sp³-hybridized carbons (Fsp3) is 0.400. The van der Waals surface area contributed by atoms with E-state index < -0.39 is 0 Å². The molecule has 0 spiro atoms. The molecule has 0 aromatic carbocycles. The summed E-state index contributed by atoms with van der Waals surface area (Å²) >= 11 is 5.60. The average Bonchev–Trinajstić information content (AvgIpc) is 2.17. The lowest BCUT2D eigenvalue weighted by atomic mass is 10.3. The van der Waals surface area contributed by atoms with Crippen LogP contribution in [0.5, 0.6) is 5.75 Å². The Morgan fingerprint density at radius 2 is 2.29 bits per heavy atom. The normalized spacial score (nSPS) is 9.93. The molecular weight excluding hydrogens is 200 g/mol. The molecule has 0 saturated carbocycles. The first-order chi connectivity index (χ1) is 6.67. The maximum atomic E-state index is 8.82. The van der Waals surface area contributed by atoms with Crippen LogP contribution >= 0.6 is 11.6 Å². The van der Waals surface area contributed by atoms with Crippen molar-refractivity contribution in [1.29, 1.82) is 5.26 Å². The summed E-state index contributed by atoms with van der Waals surface area (Å²) in [7, 11) is 0. The zero-order valence-electron chi connectivity index (χ0n) is 8.12. The van der Waals surface area contributed by atoms with E-state index in [1.807, 2.05) is 19.9 Å². The van der Waals surface area contributed by atoms with Crippen molar-refractivity contribution in [3.63, 3.8) is 0 Å². The third kappa shape index (κ3) is 2.61. The van der Waals surface area contributed by atoms with Gasteiger partial charge in [-0.3, -0.25) is 0 Å². The highest BCUT2D eigenvalue weighted by Gasteiger charge is 2.07. The van der Waals surface area contributed by atoms with Crippen LogP contribution in [0.3, 0.4) is 0 Å². The van der Waals surface area contributed by atoms with Crippen molar-refractivity contribution in [3.05, 3.63) is 23.5 Å². The van der Waals surface area contributed by atoms with Crippen LogP contribution in [0.4, 0.5) is 0 Å². The number of hydrogen-bond donors (Lipinski definition) is 0. The summed E-state index contributed by atoms with van der Waals surface area (Å²) in [4.78, 5) is 4.04. The number of nitrogens with zero attached hydrogens (tertiary/aromatic N) is 2. The van der Waals surface area contributed by atoms with Crippen molar-refractivity contribution in [3.8, 4) is 11.8 Å². The topological polar surface area (TPSA) is 45.9 Å². The molecule has 0 atom stereocenters. The molecule has 4 heteroatoms. The van der Waals surface area contributed by atoms with Crippen molar-refractivity contribution in [2.75, 3.05) is 0 Å². The summed E-state index contributed by atoms with van der Waals surface area (Å²) < 4.78 is 5.41. The maximum absolute atomic E-state index is 8.82. The molecule has 14 heavy (non-hydrogen) atoms. The molecule has 1 rings (SSSR count). The van der Waals surface area contributed by atoms with Crippen molar-refractivity contribution < 1.29 is 4.74 Å². The number of nitriles is 1. The number of aromatic nitrogens is 1. The Kier molecular flexibility index (Phi) is 3.73. The Bertz CT molecular complexity index is 358. The van der Waals surface area contributed by atoms with Gasteiger partial charge in [-0.25, -0.2) is 4.98 Å². The van der Waals surface area contributed by atoms with Crippen molar-refractivity contribution in [2.24, 2.45) is 0 Å². The van der Waals surface area contributed by atoms with Gasteiger partial charge in [0.25, 0.3) is 0 Å². The van der Waals surface area contributed by atoms with E-state index in [-0.39, 0.29) is 11.8 Å². The Morgan fingerprint density at radius 1 is 1.57 bits per heavy atom. The van der Waals surface area contributed by atoms with Gasteiger partial charge in [0.15, 0.2) is 11.4 Å². The summed E-state index contributed by atoms with van der Waals surface area (Å²) in [6.07, 6.45) is 0.0331. The zero-order chi connectivity index (χ0) is 10.6. The Balaban J connectivity index is 3.01. The zero-order valence-corrected chi connectivity index (χ0v) is 8.88. The Labute approximate surface area is 88.3 Å². The molecule has 0 aliphatic heterocycles. The molecule has 0 fully saturated rings. The molecule has 0 amide bonds. The summed E-state index contributed by atoms with van der Waals surface area (Å²) in [5, 5.41) is 8.82. The summed E-state index contributed by atoms with van der Waals surface area (Å²) in [6.45, 7) is 3.80. The van der Waals surface area contributed by atoms with Crippen molar-refractivity contribution >= 4 is 11.6 Å². The summed E-state index contributed by atoms with van der Waals surface area (Å²) in [6, 6.07) is 5.46. The molecule has 0 unspecified atom stereocenters. The van der Waals surface area contributed by atoms with Crippen molar-refractivity contribution in [2.45, 2.75) is 25.8 Å². The SMILES string of the molecule is CC(C)Oc1ccc(CCl)nc1C#N. The minimum absolute atomic E-state index is 0.0331. The molecule has 0 bridgehead atoms. The van der Waals surface area contributed by atoms with Gasteiger partial charge in [0.1, 0.15) is 6.07 Å². The highest BCUT2D eigenvalue weighted by molar-refractivity contribution is 6.16. The fourth-order valence-electron chi connectivity index (χ4n) is 0.990. The monoisotopic (exact) mass is 210 g/mol. The Morgan fingerprint density at radius 3 is 2.79 bits per heavy atom. The second kappa shape index (κ2) is 4.83. The standard InChI is InChI=1S/C10H11ClN2O/c1-7(2)14-10-4-3-8(5-11)13-9(10)6-12/h3-4,7H,5H2,1-2H3. The molecule has 1 heterocycles. The molecule has 0 radical (unpaired) electrons. The second-order valence-electron chi connectivity index (χ2n) is 3.06. The van der Waals surface area contributed by atoms with Crippen LogP contribution in [0.2, 0.25) is 0 Å². The number of halogens is 1. The first-order valence-electron chi connectivity index (χ1n) is 4.30. The smallest absolute Gasteiger partial charge is 0.182 e. The molecule has 3 nitrogen and oxygen atoms in total. The van der Waals surface area contributed by atoms with Gasteiger partial charge in [0.05, 0.1) is 17.7 Å². The van der Waals surface area contributed by atoms with Gasteiger partial charge in [-0.15, -0.1) is 11.6 Å². The van der Waals surface area contributed by atoms with Crippen molar-refractivity contribution in [1.82, 2.24) is 4.98 Å². The second-order valence-corrected chi connectivity index (χ2v) is 3.33. The predicted molar refractivity (Wildman–Crippen MR) is 54.3 cm³/mol. The van der Waals surface area contributed by atoms with Crippen LogP contribution in [-0.4, -0.2) is 11.1 Å². The highest BCUT2D eigenvalue weighted by atomic mass is 35.5. The lowest BCUT2D eigenvalue weighted by Gasteiger charge is -2.10. The van der Waals surface area contributed by atoms with Crippen LogP contribution < -0.4 is 4.74 Å². The van der Waals surface area contributed by atoms with Gasteiger partial charge in [0.2, 0.25) is 0 Å². The largest absolute Gasteiger partial charge is 0.488 e. The first kappa shape index (κ1) is 10.8. The van der Waals surface area contributed by atoms with Gasteiger partial charge >= 0.3 is 0 Å². The van der Waals surface area contributed by atoms with E-state index in [0.717, 1.165) is 0 Å². The number of ether oxygens (including phenoxy) is 1. The third-order valence-corrected chi connectivity index (χ3v) is 1.80. The fourth-order valence-corrected chi connectivity index (χ4v) is 1.14. The van der Waals surface area contributed by atoms with Crippen LogP contribution in [0, 0.1) is 11.3 Å². The number of rotatable bonds is 3. The average molecular weight is 211 g/mol. The van der Waals surface area contributed by atoms with Gasteiger partial charge in [-0.2, -0.15) is 5.26 Å². The first-order valence-corrected chi connectivity index (χ1v) is 4.83. The molecule has 0 aliphatic carbocycles. The highest BCUT2D eigenvalue weighted by Crippen LogP contribution is 2.18. The van der Waals surface area contributed by atoms with E-state index in [0.29, 0.717) is 17.3 Å². The maximum Gasteiger partial charge on any atom is 0.182 e. The third-order valence-electron chi connectivity index (χ3n) is 1.52. The molecule has 0 aliphatic rings. The van der Waals surface area contributed by atoms with Crippen LogP contribution in [-0.2, 0) is 5.88 Å². The number of alkyl halides is 1. The Hall–Kier alpha value is -1.27. The van der Waals surface area contributed by atoms with Gasteiger partial charge < -0.3 is 4.74 Å².